The highest BCUT2D eigenvalue weighted by Gasteiger charge is 2.06. The molecule has 0 saturated carbocycles. The molecule has 1 atom stereocenters. The zero-order chi connectivity index (χ0) is 10.9. The van der Waals surface area contributed by atoms with Gasteiger partial charge in [-0.25, -0.2) is 0 Å². The summed E-state index contributed by atoms with van der Waals surface area (Å²) in [6.45, 7) is 0. The van der Waals surface area contributed by atoms with Crippen LogP contribution in [0.15, 0.2) is 30.3 Å². The smallest absolute Gasteiger partial charge is 0.0251 e. The summed E-state index contributed by atoms with van der Waals surface area (Å²) < 4.78 is 0. The molecule has 1 unspecified atom stereocenters. The van der Waals surface area contributed by atoms with E-state index in [0.717, 1.165) is 25.7 Å². The van der Waals surface area contributed by atoms with Gasteiger partial charge in [-0.1, -0.05) is 30.3 Å². The quantitative estimate of drug-likeness (QED) is 0.320. The molecule has 0 aliphatic carbocycles. The molecule has 80 valence electrons. The molecule has 2 nitrogen and oxygen atoms in total. The molecular weight excluding hydrogens is 184 g/mol. The topological polar surface area (TPSA) is 38.0 Å². The molecule has 1 rings (SSSR count). The standard InChI is InChI=1S/C13H18N2/c1-2-3-5-10-13(15-14)11-12-8-6-4-7-9-12/h1,4,6-9,13,15H,3,5,10-11,14H2. The average molecular weight is 202 g/mol. The highest BCUT2D eigenvalue weighted by Crippen LogP contribution is 2.07. The van der Waals surface area contributed by atoms with Gasteiger partial charge in [0.05, 0.1) is 0 Å². The zero-order valence-electron chi connectivity index (χ0n) is 8.95. The van der Waals surface area contributed by atoms with Gasteiger partial charge in [-0.05, 0) is 24.8 Å². The molecule has 0 bridgehead atoms. The molecule has 0 radical (unpaired) electrons. The first-order chi connectivity index (χ1) is 7.36. The molecule has 15 heavy (non-hydrogen) atoms. The monoisotopic (exact) mass is 202 g/mol. The first kappa shape index (κ1) is 11.8. The maximum atomic E-state index is 5.50. The van der Waals surface area contributed by atoms with Crippen LogP contribution in [0, 0.1) is 12.3 Å². The lowest BCUT2D eigenvalue weighted by Gasteiger charge is -2.14. The van der Waals surface area contributed by atoms with Gasteiger partial charge < -0.3 is 0 Å². The van der Waals surface area contributed by atoms with Crippen LogP contribution >= 0.6 is 0 Å². The molecular formula is C13H18N2. The minimum Gasteiger partial charge on any atom is -0.271 e. The minimum atomic E-state index is 0.320. The number of rotatable bonds is 6. The minimum absolute atomic E-state index is 0.320. The lowest BCUT2D eigenvalue weighted by atomic mass is 10.0. The molecule has 1 aromatic rings. The molecule has 2 heteroatoms. The van der Waals surface area contributed by atoms with Crippen LogP contribution in [0.25, 0.3) is 0 Å². The summed E-state index contributed by atoms with van der Waals surface area (Å²) in [5.74, 6) is 8.14. The molecule has 0 saturated heterocycles. The van der Waals surface area contributed by atoms with Gasteiger partial charge in [0.1, 0.15) is 0 Å². The highest BCUT2D eigenvalue weighted by molar-refractivity contribution is 5.15. The Morgan fingerprint density at radius 1 is 1.33 bits per heavy atom. The van der Waals surface area contributed by atoms with E-state index in [-0.39, 0.29) is 0 Å². The third-order valence-corrected chi connectivity index (χ3v) is 2.43. The third-order valence-electron chi connectivity index (χ3n) is 2.43. The van der Waals surface area contributed by atoms with Crippen molar-refractivity contribution in [3.63, 3.8) is 0 Å². The van der Waals surface area contributed by atoms with Crippen LogP contribution in [0.2, 0.25) is 0 Å². The van der Waals surface area contributed by atoms with Crippen LogP contribution in [-0.2, 0) is 6.42 Å². The van der Waals surface area contributed by atoms with Crippen LogP contribution in [0.4, 0.5) is 0 Å². The molecule has 0 aliphatic heterocycles. The van der Waals surface area contributed by atoms with E-state index in [9.17, 15) is 0 Å². The first-order valence-corrected chi connectivity index (χ1v) is 5.30. The molecule has 0 aromatic heterocycles. The van der Waals surface area contributed by atoms with Crippen molar-refractivity contribution in [1.29, 1.82) is 0 Å². The Hall–Kier alpha value is -1.30. The van der Waals surface area contributed by atoms with Crippen LogP contribution in [-0.4, -0.2) is 6.04 Å². The number of nitrogens with one attached hydrogen (secondary N) is 1. The Kier molecular flexibility index (Phi) is 5.54. The van der Waals surface area contributed by atoms with Gasteiger partial charge >= 0.3 is 0 Å². The summed E-state index contributed by atoms with van der Waals surface area (Å²) in [4.78, 5) is 0. The number of nitrogens with two attached hydrogens (primary N) is 1. The fourth-order valence-corrected chi connectivity index (χ4v) is 1.59. The lowest BCUT2D eigenvalue weighted by molar-refractivity contribution is 0.479. The highest BCUT2D eigenvalue weighted by atomic mass is 15.2. The molecule has 0 aliphatic rings. The Balaban J connectivity index is 2.37. The van der Waals surface area contributed by atoms with Crippen molar-refractivity contribution in [2.75, 3.05) is 0 Å². The lowest BCUT2D eigenvalue weighted by Crippen LogP contribution is -2.36. The van der Waals surface area contributed by atoms with E-state index >= 15 is 0 Å². The first-order valence-electron chi connectivity index (χ1n) is 5.30. The van der Waals surface area contributed by atoms with Gasteiger partial charge in [0.15, 0.2) is 0 Å². The molecule has 0 spiro atoms. The number of hydrogen-bond acceptors (Lipinski definition) is 2. The summed E-state index contributed by atoms with van der Waals surface area (Å²) in [6, 6.07) is 10.7. The van der Waals surface area contributed by atoms with E-state index in [1.54, 1.807) is 0 Å². The van der Waals surface area contributed by atoms with E-state index in [0.29, 0.717) is 6.04 Å². The van der Waals surface area contributed by atoms with Gasteiger partial charge in [-0.2, -0.15) is 0 Å². The van der Waals surface area contributed by atoms with Crippen LogP contribution in [0.5, 0.6) is 0 Å². The fourth-order valence-electron chi connectivity index (χ4n) is 1.59. The summed E-state index contributed by atoms with van der Waals surface area (Å²) in [7, 11) is 0. The Morgan fingerprint density at radius 3 is 2.67 bits per heavy atom. The van der Waals surface area contributed by atoms with Gasteiger partial charge in [0.25, 0.3) is 0 Å². The van der Waals surface area contributed by atoms with E-state index in [1.165, 1.54) is 5.56 Å². The summed E-state index contributed by atoms with van der Waals surface area (Å²) >= 11 is 0. The normalized spacial score (nSPS) is 12.0. The largest absolute Gasteiger partial charge is 0.271 e. The van der Waals surface area contributed by atoms with Gasteiger partial charge in [-0.3, -0.25) is 11.3 Å². The Morgan fingerprint density at radius 2 is 2.07 bits per heavy atom. The van der Waals surface area contributed by atoms with E-state index in [1.807, 2.05) is 18.2 Å². The van der Waals surface area contributed by atoms with Crippen LogP contribution < -0.4 is 11.3 Å². The predicted octanol–water partition coefficient (Wildman–Crippen LogP) is 1.86. The van der Waals surface area contributed by atoms with Crippen molar-refractivity contribution in [3.8, 4) is 12.3 Å². The van der Waals surface area contributed by atoms with Gasteiger partial charge in [0, 0.05) is 12.5 Å². The number of unbranched alkanes of at least 4 members (excludes halogenated alkanes) is 1. The number of hydrogen-bond donors (Lipinski definition) is 2. The number of hydrazine groups is 1. The second kappa shape index (κ2) is 7.05. The second-order valence-electron chi connectivity index (χ2n) is 3.65. The second-order valence-corrected chi connectivity index (χ2v) is 3.65. The summed E-state index contributed by atoms with van der Waals surface area (Å²) in [6.07, 6.45) is 9.04. The van der Waals surface area contributed by atoms with Crippen molar-refractivity contribution in [2.45, 2.75) is 31.7 Å². The molecule has 0 amide bonds. The maximum Gasteiger partial charge on any atom is 0.0251 e. The maximum absolute atomic E-state index is 5.50. The van der Waals surface area contributed by atoms with E-state index in [2.05, 4.69) is 23.5 Å². The molecule has 0 heterocycles. The van der Waals surface area contributed by atoms with Crippen molar-refractivity contribution >= 4 is 0 Å². The van der Waals surface area contributed by atoms with Crippen molar-refractivity contribution in [1.82, 2.24) is 5.43 Å². The SMILES string of the molecule is C#CCCCC(Cc1ccccc1)NN. The summed E-state index contributed by atoms with van der Waals surface area (Å²) in [5.41, 5.74) is 4.15. The fraction of sp³-hybridized carbons (Fsp3) is 0.385. The Bertz CT molecular complexity index is 300. The van der Waals surface area contributed by atoms with Crippen LogP contribution in [0.3, 0.4) is 0 Å². The predicted molar refractivity (Wildman–Crippen MR) is 63.9 cm³/mol. The van der Waals surface area contributed by atoms with Crippen molar-refractivity contribution < 1.29 is 0 Å². The van der Waals surface area contributed by atoms with E-state index < -0.39 is 0 Å². The molecule has 0 fully saturated rings. The van der Waals surface area contributed by atoms with Crippen molar-refractivity contribution in [2.24, 2.45) is 5.84 Å². The van der Waals surface area contributed by atoms with Gasteiger partial charge in [-0.15, -0.1) is 12.3 Å². The van der Waals surface area contributed by atoms with Crippen molar-refractivity contribution in [3.05, 3.63) is 35.9 Å². The van der Waals surface area contributed by atoms with Gasteiger partial charge in [0.2, 0.25) is 0 Å². The Labute approximate surface area is 91.8 Å². The third kappa shape index (κ3) is 4.64. The van der Waals surface area contributed by atoms with Crippen LogP contribution in [0.1, 0.15) is 24.8 Å². The molecule has 1 aromatic carbocycles. The van der Waals surface area contributed by atoms with E-state index in [4.69, 9.17) is 12.3 Å². The average Bonchev–Trinajstić information content (AvgIpc) is 2.29. The summed E-state index contributed by atoms with van der Waals surface area (Å²) in [5, 5.41) is 0. The number of terminal acetylenes is 1. The zero-order valence-corrected chi connectivity index (χ0v) is 8.95. The molecule has 3 N–H and O–H groups in total. The number of benzene rings is 1.